The monoisotopic (exact) mass is 227 g/mol. The number of rotatable bonds is 3. The molecule has 0 saturated heterocycles. The number of aliphatic carboxylic acids is 1. The van der Waals surface area contributed by atoms with Gasteiger partial charge in [0.05, 0.1) is 10.6 Å². The Bertz CT molecular complexity index is 440. The minimum Gasteiger partial charge on any atom is -0.481 e. The fourth-order valence-electron chi connectivity index (χ4n) is 1.11. The second kappa shape index (κ2) is 4.76. The average Bonchev–Trinajstić information content (AvgIpc) is 2.18. The highest BCUT2D eigenvalue weighted by Crippen LogP contribution is 2.21. The summed E-state index contributed by atoms with van der Waals surface area (Å²) < 4.78 is 13.3. The number of nitriles is 1. The summed E-state index contributed by atoms with van der Waals surface area (Å²) in [5, 5.41) is 17.1. The van der Waals surface area contributed by atoms with Gasteiger partial charge in [-0.1, -0.05) is 11.6 Å². The minimum atomic E-state index is -1.00. The smallest absolute Gasteiger partial charge is 0.303 e. The van der Waals surface area contributed by atoms with E-state index in [0.29, 0.717) is 0 Å². The number of carboxylic acids is 1. The van der Waals surface area contributed by atoms with Gasteiger partial charge in [0.25, 0.3) is 0 Å². The van der Waals surface area contributed by atoms with E-state index in [1.54, 1.807) is 6.07 Å². The molecule has 0 spiro atoms. The third-order valence-electron chi connectivity index (χ3n) is 1.86. The van der Waals surface area contributed by atoms with E-state index in [2.05, 4.69) is 0 Å². The van der Waals surface area contributed by atoms with Crippen LogP contribution in [0.2, 0.25) is 5.02 Å². The zero-order chi connectivity index (χ0) is 11.4. The van der Waals surface area contributed by atoms with Crippen molar-refractivity contribution >= 4 is 17.6 Å². The lowest BCUT2D eigenvalue weighted by molar-refractivity contribution is -0.136. The summed E-state index contributed by atoms with van der Waals surface area (Å²) >= 11 is 5.68. The van der Waals surface area contributed by atoms with Crippen LogP contribution in [-0.2, 0) is 11.2 Å². The van der Waals surface area contributed by atoms with Crippen molar-refractivity contribution in [2.45, 2.75) is 12.8 Å². The standard InChI is InChI=1S/C10H7ClFNO2/c11-8-3-6(1-2-10(14)15)9(12)4-7(8)5-13/h3-4H,1-2H2,(H,14,15). The molecule has 0 aliphatic rings. The van der Waals surface area contributed by atoms with Crippen molar-refractivity contribution in [2.24, 2.45) is 0 Å². The molecule has 0 aliphatic heterocycles. The fraction of sp³-hybridized carbons (Fsp3) is 0.200. The normalized spacial score (nSPS) is 9.67. The van der Waals surface area contributed by atoms with Crippen LogP contribution in [0.15, 0.2) is 12.1 Å². The van der Waals surface area contributed by atoms with Crippen LogP contribution in [0.5, 0.6) is 0 Å². The van der Waals surface area contributed by atoms with Gasteiger partial charge in [-0.2, -0.15) is 5.26 Å². The molecular weight excluding hydrogens is 221 g/mol. The first-order chi connectivity index (χ1) is 7.04. The van der Waals surface area contributed by atoms with E-state index in [1.165, 1.54) is 6.07 Å². The molecule has 0 aliphatic carbocycles. The van der Waals surface area contributed by atoms with E-state index in [9.17, 15) is 9.18 Å². The summed E-state index contributed by atoms with van der Waals surface area (Å²) in [4.78, 5) is 10.3. The first-order valence-electron chi connectivity index (χ1n) is 4.14. The molecule has 0 amide bonds. The number of carboxylic acid groups (broad SMARTS) is 1. The first kappa shape index (κ1) is 11.5. The molecule has 5 heteroatoms. The molecule has 15 heavy (non-hydrogen) atoms. The Morgan fingerprint density at radius 3 is 2.80 bits per heavy atom. The largest absolute Gasteiger partial charge is 0.481 e. The van der Waals surface area contributed by atoms with E-state index in [0.717, 1.165) is 6.07 Å². The highest BCUT2D eigenvalue weighted by Gasteiger charge is 2.09. The number of hydrogen-bond acceptors (Lipinski definition) is 2. The van der Waals surface area contributed by atoms with Crippen molar-refractivity contribution in [1.29, 1.82) is 5.26 Å². The SMILES string of the molecule is N#Cc1cc(F)c(CCC(=O)O)cc1Cl. The van der Waals surface area contributed by atoms with Crippen molar-refractivity contribution in [3.05, 3.63) is 34.1 Å². The molecule has 0 unspecified atom stereocenters. The van der Waals surface area contributed by atoms with Gasteiger partial charge in [0, 0.05) is 6.42 Å². The Balaban J connectivity index is 2.96. The van der Waals surface area contributed by atoms with Gasteiger partial charge in [0.2, 0.25) is 0 Å². The Morgan fingerprint density at radius 1 is 1.60 bits per heavy atom. The lowest BCUT2D eigenvalue weighted by atomic mass is 10.1. The van der Waals surface area contributed by atoms with Crippen LogP contribution in [0.3, 0.4) is 0 Å². The molecule has 0 radical (unpaired) electrons. The van der Waals surface area contributed by atoms with E-state index in [-0.39, 0.29) is 29.0 Å². The Hall–Kier alpha value is -1.60. The van der Waals surface area contributed by atoms with Crippen molar-refractivity contribution in [2.75, 3.05) is 0 Å². The molecular formula is C10H7ClFNO2. The van der Waals surface area contributed by atoms with Crippen LogP contribution in [0.1, 0.15) is 17.5 Å². The zero-order valence-corrected chi connectivity index (χ0v) is 8.38. The van der Waals surface area contributed by atoms with Gasteiger partial charge < -0.3 is 5.11 Å². The molecule has 3 nitrogen and oxygen atoms in total. The Labute approximate surface area is 90.7 Å². The summed E-state index contributed by atoms with van der Waals surface area (Å²) in [6, 6.07) is 4.04. The molecule has 0 saturated carbocycles. The molecule has 0 bridgehead atoms. The van der Waals surface area contributed by atoms with Gasteiger partial charge >= 0.3 is 5.97 Å². The maximum atomic E-state index is 13.3. The zero-order valence-electron chi connectivity index (χ0n) is 7.63. The van der Waals surface area contributed by atoms with E-state index in [1.807, 2.05) is 0 Å². The number of carbonyl (C=O) groups is 1. The maximum absolute atomic E-state index is 13.3. The average molecular weight is 228 g/mol. The highest BCUT2D eigenvalue weighted by atomic mass is 35.5. The number of benzene rings is 1. The molecule has 1 rings (SSSR count). The molecule has 0 atom stereocenters. The Morgan fingerprint density at radius 2 is 2.27 bits per heavy atom. The number of aryl methyl sites for hydroxylation is 1. The van der Waals surface area contributed by atoms with Crippen LogP contribution in [-0.4, -0.2) is 11.1 Å². The number of nitrogens with zero attached hydrogens (tertiary/aromatic N) is 1. The molecule has 1 aromatic carbocycles. The van der Waals surface area contributed by atoms with Crippen LogP contribution in [0.25, 0.3) is 0 Å². The summed E-state index contributed by atoms with van der Waals surface area (Å²) in [5.41, 5.74) is 0.259. The van der Waals surface area contributed by atoms with Crippen LogP contribution in [0, 0.1) is 17.1 Å². The fourth-order valence-corrected chi connectivity index (χ4v) is 1.34. The van der Waals surface area contributed by atoms with Crippen molar-refractivity contribution in [1.82, 2.24) is 0 Å². The number of halogens is 2. The predicted molar refractivity (Wildman–Crippen MR) is 52.1 cm³/mol. The lowest BCUT2D eigenvalue weighted by Gasteiger charge is -2.03. The molecule has 0 fully saturated rings. The van der Waals surface area contributed by atoms with Gasteiger partial charge in [-0.15, -0.1) is 0 Å². The van der Waals surface area contributed by atoms with Gasteiger partial charge in [-0.25, -0.2) is 4.39 Å². The van der Waals surface area contributed by atoms with Gasteiger partial charge in [-0.3, -0.25) is 4.79 Å². The van der Waals surface area contributed by atoms with E-state index >= 15 is 0 Å². The topological polar surface area (TPSA) is 61.1 Å². The second-order valence-corrected chi connectivity index (χ2v) is 3.34. The highest BCUT2D eigenvalue weighted by molar-refractivity contribution is 6.31. The summed E-state index contributed by atoms with van der Waals surface area (Å²) in [5.74, 6) is -1.60. The lowest BCUT2D eigenvalue weighted by Crippen LogP contribution is -2.00. The van der Waals surface area contributed by atoms with Crippen molar-refractivity contribution < 1.29 is 14.3 Å². The second-order valence-electron chi connectivity index (χ2n) is 2.93. The predicted octanol–water partition coefficient (Wildman–Crippen LogP) is 2.37. The van der Waals surface area contributed by atoms with Gasteiger partial charge in [0.1, 0.15) is 11.9 Å². The van der Waals surface area contributed by atoms with Crippen molar-refractivity contribution in [3.63, 3.8) is 0 Å². The number of hydrogen-bond donors (Lipinski definition) is 1. The molecule has 0 heterocycles. The maximum Gasteiger partial charge on any atom is 0.303 e. The van der Waals surface area contributed by atoms with E-state index in [4.69, 9.17) is 22.0 Å². The van der Waals surface area contributed by atoms with Crippen LogP contribution < -0.4 is 0 Å². The molecule has 0 aromatic heterocycles. The third kappa shape index (κ3) is 2.93. The molecule has 1 N–H and O–H groups in total. The molecule has 78 valence electrons. The van der Waals surface area contributed by atoms with Gasteiger partial charge in [-0.05, 0) is 24.1 Å². The van der Waals surface area contributed by atoms with Gasteiger partial charge in [0.15, 0.2) is 0 Å². The van der Waals surface area contributed by atoms with Crippen molar-refractivity contribution in [3.8, 4) is 6.07 Å². The van der Waals surface area contributed by atoms with Crippen LogP contribution >= 0.6 is 11.6 Å². The summed E-state index contributed by atoms with van der Waals surface area (Å²) in [6.45, 7) is 0. The summed E-state index contributed by atoms with van der Waals surface area (Å²) in [7, 11) is 0. The third-order valence-corrected chi connectivity index (χ3v) is 2.18. The van der Waals surface area contributed by atoms with Crippen LogP contribution in [0.4, 0.5) is 4.39 Å². The first-order valence-corrected chi connectivity index (χ1v) is 4.52. The minimum absolute atomic E-state index is 0.0493. The quantitative estimate of drug-likeness (QED) is 0.862. The molecule has 1 aromatic rings. The Kier molecular flexibility index (Phi) is 3.64. The van der Waals surface area contributed by atoms with E-state index < -0.39 is 11.8 Å². The summed E-state index contributed by atoms with van der Waals surface area (Å²) in [6.07, 6.45) is -0.105.